The molecule has 20 heavy (non-hydrogen) atoms. The van der Waals surface area contributed by atoms with Crippen LogP contribution in [0.1, 0.15) is 41.0 Å². The summed E-state index contributed by atoms with van der Waals surface area (Å²) < 4.78 is 0.925. The molecule has 5 heteroatoms. The lowest BCUT2D eigenvalue weighted by Gasteiger charge is -2.17. The Hall–Kier alpha value is -1.08. The topological polar surface area (TPSA) is 49.3 Å². The zero-order chi connectivity index (χ0) is 14.5. The van der Waals surface area contributed by atoms with Crippen LogP contribution in [-0.2, 0) is 0 Å². The zero-order valence-corrected chi connectivity index (χ0v) is 14.1. The van der Waals surface area contributed by atoms with Crippen LogP contribution in [0.4, 0.5) is 0 Å². The lowest BCUT2D eigenvalue weighted by Crippen LogP contribution is -2.28. The largest absolute Gasteiger partial charge is 0.507 e. The average molecular weight is 401 g/mol. The highest BCUT2D eigenvalue weighted by Crippen LogP contribution is 2.25. The first kappa shape index (κ1) is 15.3. The van der Waals surface area contributed by atoms with Gasteiger partial charge in [-0.2, -0.15) is 0 Å². The summed E-state index contributed by atoms with van der Waals surface area (Å²) in [4.78, 5) is 13.5. The monoisotopic (exact) mass is 401 g/mol. The molecule has 1 heterocycles. The highest BCUT2D eigenvalue weighted by atomic mass is 127. The standard InChI is InChI=1S/C15H16INO2S/c1-2-4-12(14-5-3-8-20-14)17-15(19)11-9-10(16)6-7-13(11)18/h3,5-9,12,18H,2,4H2,1H3,(H,17,19). The predicted molar refractivity (Wildman–Crippen MR) is 90.3 cm³/mol. The van der Waals surface area contributed by atoms with Gasteiger partial charge in [-0.05, 0) is 58.7 Å². The van der Waals surface area contributed by atoms with Crippen LogP contribution in [0.3, 0.4) is 0 Å². The second kappa shape index (κ2) is 7.08. The van der Waals surface area contributed by atoms with Crippen molar-refractivity contribution in [3.63, 3.8) is 0 Å². The summed E-state index contributed by atoms with van der Waals surface area (Å²) in [7, 11) is 0. The molecule has 3 nitrogen and oxygen atoms in total. The van der Waals surface area contributed by atoms with Gasteiger partial charge in [-0.1, -0.05) is 19.4 Å². The number of hydrogen-bond acceptors (Lipinski definition) is 3. The van der Waals surface area contributed by atoms with E-state index in [-0.39, 0.29) is 17.7 Å². The van der Waals surface area contributed by atoms with Crippen LogP contribution >= 0.6 is 33.9 Å². The number of nitrogens with one attached hydrogen (secondary N) is 1. The van der Waals surface area contributed by atoms with Crippen LogP contribution in [-0.4, -0.2) is 11.0 Å². The molecule has 106 valence electrons. The van der Waals surface area contributed by atoms with E-state index in [9.17, 15) is 9.90 Å². The number of halogens is 1. The lowest BCUT2D eigenvalue weighted by atomic mass is 10.1. The Morgan fingerprint density at radius 3 is 2.90 bits per heavy atom. The molecular formula is C15H16INO2S. The summed E-state index contributed by atoms with van der Waals surface area (Å²) in [6.07, 6.45) is 1.87. The molecule has 0 bridgehead atoms. The van der Waals surface area contributed by atoms with E-state index >= 15 is 0 Å². The van der Waals surface area contributed by atoms with Crippen LogP contribution in [0, 0.1) is 3.57 Å². The molecule has 0 fully saturated rings. The molecule has 1 unspecified atom stereocenters. The van der Waals surface area contributed by atoms with Gasteiger partial charge >= 0.3 is 0 Å². The van der Waals surface area contributed by atoms with Gasteiger partial charge in [0.1, 0.15) is 5.75 Å². The quantitative estimate of drug-likeness (QED) is 0.733. The van der Waals surface area contributed by atoms with E-state index in [1.807, 2.05) is 17.5 Å². The molecular weight excluding hydrogens is 385 g/mol. The fourth-order valence-corrected chi connectivity index (χ4v) is 3.29. The van der Waals surface area contributed by atoms with Gasteiger partial charge in [-0.15, -0.1) is 11.3 Å². The van der Waals surface area contributed by atoms with E-state index in [2.05, 4.69) is 34.8 Å². The molecule has 0 spiro atoms. The molecule has 0 saturated heterocycles. The summed E-state index contributed by atoms with van der Waals surface area (Å²) in [5.74, 6) is -0.211. The predicted octanol–water partition coefficient (Wildman–Crippen LogP) is 4.33. The van der Waals surface area contributed by atoms with Crippen LogP contribution in [0.5, 0.6) is 5.75 Å². The summed E-state index contributed by atoms with van der Waals surface area (Å²) in [6, 6.07) is 9.04. The number of thiophene rings is 1. The van der Waals surface area contributed by atoms with Crippen molar-refractivity contribution in [3.05, 3.63) is 49.7 Å². The molecule has 1 aromatic carbocycles. The molecule has 0 saturated carbocycles. The van der Waals surface area contributed by atoms with Crippen molar-refractivity contribution in [1.82, 2.24) is 5.32 Å². The van der Waals surface area contributed by atoms with Gasteiger partial charge in [0.2, 0.25) is 0 Å². The Labute approximate surface area is 136 Å². The fourth-order valence-electron chi connectivity index (χ4n) is 1.99. The smallest absolute Gasteiger partial charge is 0.255 e. The number of carbonyl (C=O) groups is 1. The highest BCUT2D eigenvalue weighted by molar-refractivity contribution is 14.1. The summed E-state index contributed by atoms with van der Waals surface area (Å²) >= 11 is 3.76. The Morgan fingerprint density at radius 1 is 1.45 bits per heavy atom. The van der Waals surface area contributed by atoms with E-state index in [1.54, 1.807) is 29.5 Å². The number of rotatable bonds is 5. The average Bonchev–Trinajstić information content (AvgIpc) is 2.95. The van der Waals surface area contributed by atoms with Crippen molar-refractivity contribution < 1.29 is 9.90 Å². The minimum absolute atomic E-state index is 0.00441. The molecule has 1 atom stereocenters. The van der Waals surface area contributed by atoms with E-state index < -0.39 is 0 Å². The van der Waals surface area contributed by atoms with Crippen molar-refractivity contribution >= 4 is 39.8 Å². The van der Waals surface area contributed by atoms with Crippen LogP contribution < -0.4 is 5.32 Å². The maximum absolute atomic E-state index is 12.3. The molecule has 0 aliphatic heterocycles. The van der Waals surface area contributed by atoms with Crippen molar-refractivity contribution in [2.45, 2.75) is 25.8 Å². The van der Waals surface area contributed by atoms with Crippen LogP contribution in [0.2, 0.25) is 0 Å². The third-order valence-corrected chi connectivity index (χ3v) is 4.63. The minimum Gasteiger partial charge on any atom is -0.507 e. The first-order valence-electron chi connectivity index (χ1n) is 6.44. The molecule has 2 aromatic rings. The number of aromatic hydroxyl groups is 1. The molecule has 0 aliphatic carbocycles. The van der Waals surface area contributed by atoms with Crippen molar-refractivity contribution in [3.8, 4) is 5.75 Å². The maximum atomic E-state index is 12.3. The Balaban J connectivity index is 2.18. The molecule has 0 aliphatic rings. The van der Waals surface area contributed by atoms with Gasteiger partial charge in [0.05, 0.1) is 11.6 Å². The molecule has 1 aromatic heterocycles. The number of carbonyl (C=O) groups excluding carboxylic acids is 1. The van der Waals surface area contributed by atoms with E-state index in [1.165, 1.54) is 0 Å². The summed E-state index contributed by atoms with van der Waals surface area (Å²) in [5, 5.41) is 14.8. The third-order valence-electron chi connectivity index (χ3n) is 2.97. The Morgan fingerprint density at radius 2 is 2.25 bits per heavy atom. The second-order valence-electron chi connectivity index (χ2n) is 4.49. The molecule has 2 rings (SSSR count). The van der Waals surface area contributed by atoms with Gasteiger partial charge in [-0.25, -0.2) is 0 Å². The Kier molecular flexibility index (Phi) is 5.42. The minimum atomic E-state index is -0.229. The third kappa shape index (κ3) is 3.73. The molecule has 0 radical (unpaired) electrons. The van der Waals surface area contributed by atoms with Crippen LogP contribution in [0.25, 0.3) is 0 Å². The van der Waals surface area contributed by atoms with Gasteiger partial charge in [0.15, 0.2) is 0 Å². The van der Waals surface area contributed by atoms with Gasteiger partial charge in [-0.3, -0.25) is 4.79 Å². The number of phenolic OH excluding ortho intramolecular Hbond substituents is 1. The first-order chi connectivity index (χ1) is 9.61. The summed E-state index contributed by atoms with van der Waals surface area (Å²) in [6.45, 7) is 2.09. The van der Waals surface area contributed by atoms with E-state index in [0.29, 0.717) is 5.56 Å². The molecule has 1 amide bonds. The fraction of sp³-hybridized carbons (Fsp3) is 0.267. The van der Waals surface area contributed by atoms with E-state index in [4.69, 9.17) is 0 Å². The number of hydrogen-bond donors (Lipinski definition) is 2. The second-order valence-corrected chi connectivity index (χ2v) is 6.72. The van der Waals surface area contributed by atoms with Crippen molar-refractivity contribution in [2.24, 2.45) is 0 Å². The van der Waals surface area contributed by atoms with Gasteiger partial charge in [0, 0.05) is 8.45 Å². The Bertz CT molecular complexity index is 584. The SMILES string of the molecule is CCCC(NC(=O)c1cc(I)ccc1O)c1cccs1. The maximum Gasteiger partial charge on any atom is 0.255 e. The van der Waals surface area contributed by atoms with E-state index in [0.717, 1.165) is 21.3 Å². The number of phenols is 1. The summed E-state index contributed by atoms with van der Waals surface area (Å²) in [5.41, 5.74) is 0.328. The normalized spacial score (nSPS) is 12.1. The van der Waals surface area contributed by atoms with Crippen molar-refractivity contribution in [1.29, 1.82) is 0 Å². The number of amides is 1. The first-order valence-corrected chi connectivity index (χ1v) is 8.40. The number of benzene rings is 1. The van der Waals surface area contributed by atoms with Crippen molar-refractivity contribution in [2.75, 3.05) is 0 Å². The van der Waals surface area contributed by atoms with Gasteiger partial charge in [0.25, 0.3) is 5.91 Å². The molecule has 2 N–H and O–H groups in total. The zero-order valence-electron chi connectivity index (χ0n) is 11.1. The highest BCUT2D eigenvalue weighted by Gasteiger charge is 2.18. The lowest BCUT2D eigenvalue weighted by molar-refractivity contribution is 0.0932. The van der Waals surface area contributed by atoms with Crippen LogP contribution in [0.15, 0.2) is 35.7 Å². The van der Waals surface area contributed by atoms with Gasteiger partial charge < -0.3 is 10.4 Å².